The number of hydrogen-bond donors (Lipinski definition) is 2. The summed E-state index contributed by atoms with van der Waals surface area (Å²) in [5.74, 6) is -0.174. The molecule has 21 heavy (non-hydrogen) atoms. The number of amides is 1. The van der Waals surface area contributed by atoms with Crippen LogP contribution in [0.2, 0.25) is 0 Å². The minimum atomic E-state index is -3.22. The molecule has 2 aromatic carbocycles. The average Bonchev–Trinajstić information content (AvgIpc) is 2.51. The van der Waals surface area contributed by atoms with Gasteiger partial charge in [-0.15, -0.1) is 0 Å². The molecule has 0 bridgehead atoms. The summed E-state index contributed by atoms with van der Waals surface area (Å²) in [5.41, 5.74) is 0.589. The van der Waals surface area contributed by atoms with Crippen LogP contribution in [0.3, 0.4) is 0 Å². The van der Waals surface area contributed by atoms with Gasteiger partial charge in [0, 0.05) is 18.7 Å². The van der Waals surface area contributed by atoms with Gasteiger partial charge in [-0.1, -0.05) is 36.4 Å². The van der Waals surface area contributed by atoms with Crippen molar-refractivity contribution in [2.45, 2.75) is 6.92 Å². The third kappa shape index (κ3) is 4.03. The Hall–Kier alpha value is -1.92. The summed E-state index contributed by atoms with van der Waals surface area (Å²) in [5, 5.41) is 4.60. The zero-order valence-corrected chi connectivity index (χ0v) is 12.6. The molecule has 1 amide bonds. The first-order chi connectivity index (χ1) is 10.0. The van der Waals surface area contributed by atoms with Gasteiger partial charge in [-0.3, -0.25) is 4.79 Å². The van der Waals surface area contributed by atoms with Crippen LogP contribution in [-0.4, -0.2) is 33.2 Å². The summed E-state index contributed by atoms with van der Waals surface area (Å²) in [6.07, 6.45) is 0. The SMILES string of the molecule is CCS(=O)(=O)NCCNC(=O)c1cccc2ccccc12. The third-order valence-corrected chi connectivity index (χ3v) is 4.55. The Balaban J connectivity index is 2.00. The number of nitrogens with one attached hydrogen (secondary N) is 2. The summed E-state index contributed by atoms with van der Waals surface area (Å²) in [6.45, 7) is 2.00. The Morgan fingerprint density at radius 3 is 2.52 bits per heavy atom. The normalized spacial score (nSPS) is 11.5. The van der Waals surface area contributed by atoms with Crippen molar-refractivity contribution in [2.75, 3.05) is 18.8 Å². The molecular weight excluding hydrogens is 288 g/mol. The first-order valence-corrected chi connectivity index (χ1v) is 8.42. The van der Waals surface area contributed by atoms with Crippen LogP contribution in [-0.2, 0) is 10.0 Å². The second kappa shape index (κ2) is 6.69. The van der Waals surface area contributed by atoms with Gasteiger partial charge in [0.15, 0.2) is 0 Å². The molecule has 0 spiro atoms. The van der Waals surface area contributed by atoms with E-state index in [-0.39, 0.29) is 24.7 Å². The molecule has 0 fully saturated rings. The summed E-state index contributed by atoms with van der Waals surface area (Å²) in [4.78, 5) is 12.2. The maximum Gasteiger partial charge on any atom is 0.251 e. The number of sulfonamides is 1. The van der Waals surface area contributed by atoms with Crippen molar-refractivity contribution in [3.63, 3.8) is 0 Å². The Bertz CT molecular complexity index is 736. The van der Waals surface area contributed by atoms with Crippen LogP contribution in [0.1, 0.15) is 17.3 Å². The van der Waals surface area contributed by atoms with E-state index in [9.17, 15) is 13.2 Å². The highest BCUT2D eigenvalue weighted by Crippen LogP contribution is 2.18. The lowest BCUT2D eigenvalue weighted by molar-refractivity contribution is 0.0956. The van der Waals surface area contributed by atoms with Crippen molar-refractivity contribution in [1.29, 1.82) is 0 Å². The first-order valence-electron chi connectivity index (χ1n) is 6.77. The van der Waals surface area contributed by atoms with Gasteiger partial charge in [-0.25, -0.2) is 13.1 Å². The molecule has 0 saturated heterocycles. The Labute approximate surface area is 124 Å². The molecule has 0 aliphatic rings. The van der Waals surface area contributed by atoms with E-state index in [4.69, 9.17) is 0 Å². The number of carbonyl (C=O) groups excluding carboxylic acids is 1. The first kappa shape index (κ1) is 15.5. The summed E-state index contributed by atoms with van der Waals surface area (Å²) >= 11 is 0. The predicted molar refractivity (Wildman–Crippen MR) is 83.7 cm³/mol. The third-order valence-electron chi connectivity index (χ3n) is 3.15. The number of carbonyl (C=O) groups is 1. The molecular formula is C15H18N2O3S. The molecule has 2 aromatic rings. The molecule has 0 aromatic heterocycles. The van der Waals surface area contributed by atoms with Gasteiger partial charge in [0.25, 0.3) is 5.91 Å². The summed E-state index contributed by atoms with van der Waals surface area (Å²) < 4.78 is 24.9. The van der Waals surface area contributed by atoms with Crippen molar-refractivity contribution in [3.05, 3.63) is 48.0 Å². The van der Waals surface area contributed by atoms with Gasteiger partial charge >= 0.3 is 0 Å². The number of rotatable bonds is 6. The maximum absolute atomic E-state index is 12.2. The lowest BCUT2D eigenvalue weighted by Crippen LogP contribution is -2.35. The van der Waals surface area contributed by atoms with E-state index in [0.717, 1.165) is 10.8 Å². The van der Waals surface area contributed by atoms with Crippen molar-refractivity contribution in [1.82, 2.24) is 10.0 Å². The Morgan fingerprint density at radius 1 is 1.05 bits per heavy atom. The van der Waals surface area contributed by atoms with Crippen molar-refractivity contribution < 1.29 is 13.2 Å². The van der Waals surface area contributed by atoms with Crippen molar-refractivity contribution in [3.8, 4) is 0 Å². The molecule has 0 heterocycles. The topological polar surface area (TPSA) is 75.3 Å². The monoisotopic (exact) mass is 306 g/mol. The zero-order chi connectivity index (χ0) is 15.3. The standard InChI is InChI=1S/C15H18N2O3S/c1-2-21(19,20)17-11-10-16-15(18)14-9-5-7-12-6-3-4-8-13(12)14/h3-9,17H,2,10-11H2,1H3,(H,16,18). The van der Waals surface area contributed by atoms with E-state index in [1.807, 2.05) is 36.4 Å². The van der Waals surface area contributed by atoms with Crippen molar-refractivity contribution in [2.24, 2.45) is 0 Å². The van der Waals surface area contributed by atoms with Crippen LogP contribution in [0.5, 0.6) is 0 Å². The van der Waals surface area contributed by atoms with Gasteiger partial charge in [0.2, 0.25) is 10.0 Å². The number of hydrogen-bond acceptors (Lipinski definition) is 3. The minimum Gasteiger partial charge on any atom is -0.351 e. The van der Waals surface area contributed by atoms with Crippen LogP contribution in [0, 0.1) is 0 Å². The fourth-order valence-corrected chi connectivity index (χ4v) is 2.62. The second-order valence-corrected chi connectivity index (χ2v) is 6.68. The Morgan fingerprint density at radius 2 is 1.76 bits per heavy atom. The fraction of sp³-hybridized carbons (Fsp3) is 0.267. The lowest BCUT2D eigenvalue weighted by atomic mass is 10.0. The van der Waals surface area contributed by atoms with Gasteiger partial charge in [0.1, 0.15) is 0 Å². The maximum atomic E-state index is 12.2. The molecule has 2 N–H and O–H groups in total. The van der Waals surface area contributed by atoms with Crippen LogP contribution < -0.4 is 10.0 Å². The smallest absolute Gasteiger partial charge is 0.251 e. The molecule has 0 atom stereocenters. The molecule has 5 nitrogen and oxygen atoms in total. The van der Waals surface area contributed by atoms with Gasteiger partial charge in [-0.2, -0.15) is 0 Å². The van der Waals surface area contributed by atoms with Crippen molar-refractivity contribution >= 4 is 26.7 Å². The highest BCUT2D eigenvalue weighted by atomic mass is 32.2. The van der Waals surface area contributed by atoms with E-state index in [0.29, 0.717) is 5.56 Å². The molecule has 0 aliphatic heterocycles. The molecule has 2 rings (SSSR count). The average molecular weight is 306 g/mol. The van der Waals surface area contributed by atoms with Crippen LogP contribution >= 0.6 is 0 Å². The largest absolute Gasteiger partial charge is 0.351 e. The molecule has 112 valence electrons. The molecule has 0 unspecified atom stereocenters. The van der Waals surface area contributed by atoms with E-state index >= 15 is 0 Å². The van der Waals surface area contributed by atoms with Gasteiger partial charge < -0.3 is 5.32 Å². The fourth-order valence-electron chi connectivity index (χ4n) is 2.00. The van der Waals surface area contributed by atoms with E-state index in [2.05, 4.69) is 10.0 Å². The summed E-state index contributed by atoms with van der Waals surface area (Å²) in [6, 6.07) is 13.2. The van der Waals surface area contributed by atoms with Gasteiger partial charge in [0.05, 0.1) is 5.75 Å². The minimum absolute atomic E-state index is 0.0320. The molecule has 0 aliphatic carbocycles. The van der Waals surface area contributed by atoms with E-state index in [1.165, 1.54) is 0 Å². The van der Waals surface area contributed by atoms with E-state index < -0.39 is 10.0 Å². The number of fused-ring (bicyclic) bond motifs is 1. The highest BCUT2D eigenvalue weighted by molar-refractivity contribution is 7.89. The van der Waals surface area contributed by atoms with E-state index in [1.54, 1.807) is 13.0 Å². The molecule has 6 heteroatoms. The van der Waals surface area contributed by atoms with Crippen LogP contribution in [0.15, 0.2) is 42.5 Å². The van der Waals surface area contributed by atoms with Crippen LogP contribution in [0.25, 0.3) is 10.8 Å². The quantitative estimate of drug-likeness (QED) is 0.794. The highest BCUT2D eigenvalue weighted by Gasteiger charge is 2.10. The number of benzene rings is 2. The molecule has 0 radical (unpaired) electrons. The zero-order valence-electron chi connectivity index (χ0n) is 11.8. The Kier molecular flexibility index (Phi) is 4.93. The summed E-state index contributed by atoms with van der Waals surface area (Å²) in [7, 11) is -3.22. The van der Waals surface area contributed by atoms with Crippen LogP contribution in [0.4, 0.5) is 0 Å². The lowest BCUT2D eigenvalue weighted by Gasteiger charge is -2.08. The molecule has 0 saturated carbocycles. The van der Waals surface area contributed by atoms with Gasteiger partial charge in [-0.05, 0) is 23.8 Å². The predicted octanol–water partition coefficient (Wildman–Crippen LogP) is 1.51. The second-order valence-electron chi connectivity index (χ2n) is 4.58.